The third-order valence-corrected chi connectivity index (χ3v) is 4.00. The lowest BCUT2D eigenvalue weighted by Gasteiger charge is -2.29. The van der Waals surface area contributed by atoms with E-state index in [1.165, 1.54) is 0 Å². The second-order valence-corrected chi connectivity index (χ2v) is 6.02. The topological polar surface area (TPSA) is 52.6 Å². The highest BCUT2D eigenvalue weighted by Crippen LogP contribution is 2.34. The Hall–Kier alpha value is -2.27. The molecule has 0 radical (unpaired) electrons. The van der Waals surface area contributed by atoms with E-state index < -0.39 is 0 Å². The van der Waals surface area contributed by atoms with E-state index in [0.717, 1.165) is 28.5 Å². The molecular formula is C18H22N2O3. The van der Waals surface area contributed by atoms with Gasteiger partial charge in [-0.3, -0.25) is 4.98 Å². The maximum Gasteiger partial charge on any atom is 0.161 e. The Morgan fingerprint density at radius 1 is 1.13 bits per heavy atom. The molecule has 0 bridgehead atoms. The fourth-order valence-electron chi connectivity index (χ4n) is 2.53. The molecule has 3 rings (SSSR count). The third-order valence-electron chi connectivity index (χ3n) is 4.00. The minimum absolute atomic E-state index is 0.222. The zero-order valence-corrected chi connectivity index (χ0v) is 13.8. The highest BCUT2D eigenvalue weighted by Gasteiger charge is 2.23. The van der Waals surface area contributed by atoms with Crippen molar-refractivity contribution < 1.29 is 14.2 Å². The van der Waals surface area contributed by atoms with E-state index in [9.17, 15) is 0 Å². The van der Waals surface area contributed by atoms with Crippen LogP contribution in [0, 0.1) is 0 Å². The minimum Gasteiger partial charge on any atom is -0.497 e. The monoisotopic (exact) mass is 314 g/mol. The SMILES string of the molecule is COc1ccnc(CNC(C)(C)c2ccc3c(c2)OCCO3)c1. The molecule has 23 heavy (non-hydrogen) atoms. The van der Waals surface area contributed by atoms with Gasteiger partial charge in [-0.25, -0.2) is 0 Å². The Bertz CT molecular complexity index is 686. The van der Waals surface area contributed by atoms with Gasteiger partial charge in [-0.1, -0.05) is 6.07 Å². The number of ether oxygens (including phenoxy) is 3. The van der Waals surface area contributed by atoms with Crippen molar-refractivity contribution in [2.75, 3.05) is 20.3 Å². The van der Waals surface area contributed by atoms with E-state index in [-0.39, 0.29) is 5.54 Å². The molecule has 0 spiro atoms. The molecule has 0 saturated carbocycles. The van der Waals surface area contributed by atoms with Crippen molar-refractivity contribution in [3.63, 3.8) is 0 Å². The molecule has 122 valence electrons. The lowest BCUT2D eigenvalue weighted by molar-refractivity contribution is 0.171. The molecule has 1 aliphatic heterocycles. The van der Waals surface area contributed by atoms with Crippen LogP contribution in [0.4, 0.5) is 0 Å². The van der Waals surface area contributed by atoms with E-state index >= 15 is 0 Å². The van der Waals surface area contributed by atoms with Crippen molar-refractivity contribution >= 4 is 0 Å². The lowest BCUT2D eigenvalue weighted by Crippen LogP contribution is -2.36. The number of pyridine rings is 1. The molecule has 0 amide bonds. The van der Waals surface area contributed by atoms with Crippen LogP contribution >= 0.6 is 0 Å². The van der Waals surface area contributed by atoms with E-state index in [2.05, 4.69) is 30.2 Å². The lowest BCUT2D eigenvalue weighted by atomic mass is 9.93. The maximum absolute atomic E-state index is 5.67. The van der Waals surface area contributed by atoms with E-state index in [4.69, 9.17) is 14.2 Å². The van der Waals surface area contributed by atoms with Crippen LogP contribution in [0.25, 0.3) is 0 Å². The first kappa shape index (κ1) is 15.6. The Balaban J connectivity index is 1.73. The predicted molar refractivity (Wildman–Crippen MR) is 88.1 cm³/mol. The first-order chi connectivity index (χ1) is 11.1. The summed E-state index contributed by atoms with van der Waals surface area (Å²) in [6.45, 7) is 6.13. The number of methoxy groups -OCH3 is 1. The Morgan fingerprint density at radius 3 is 2.70 bits per heavy atom. The van der Waals surface area contributed by atoms with Gasteiger partial charge in [0.2, 0.25) is 0 Å². The summed E-state index contributed by atoms with van der Waals surface area (Å²) >= 11 is 0. The molecule has 1 N–H and O–H groups in total. The van der Waals surface area contributed by atoms with Gasteiger partial charge in [0, 0.05) is 24.3 Å². The van der Waals surface area contributed by atoms with Gasteiger partial charge in [-0.2, -0.15) is 0 Å². The summed E-state index contributed by atoms with van der Waals surface area (Å²) < 4.78 is 16.5. The first-order valence-corrected chi connectivity index (χ1v) is 7.72. The number of hydrogen-bond donors (Lipinski definition) is 1. The summed E-state index contributed by atoms with van der Waals surface area (Å²) in [5.41, 5.74) is 1.86. The molecule has 0 fully saturated rings. The molecule has 0 unspecified atom stereocenters. The van der Waals surface area contributed by atoms with E-state index in [1.807, 2.05) is 24.3 Å². The van der Waals surface area contributed by atoms with Gasteiger partial charge in [-0.05, 0) is 37.6 Å². The fourth-order valence-corrected chi connectivity index (χ4v) is 2.53. The molecule has 0 saturated heterocycles. The quantitative estimate of drug-likeness (QED) is 0.919. The standard InChI is InChI=1S/C18H22N2O3/c1-18(2,20-12-14-11-15(21-3)6-7-19-14)13-4-5-16-17(10-13)23-9-8-22-16/h4-7,10-11,20H,8-9,12H2,1-3H3. The summed E-state index contributed by atoms with van der Waals surface area (Å²) in [7, 11) is 1.66. The van der Waals surface area contributed by atoms with Crippen molar-refractivity contribution in [2.45, 2.75) is 25.9 Å². The molecule has 5 nitrogen and oxygen atoms in total. The zero-order chi connectivity index (χ0) is 16.3. The van der Waals surface area contributed by atoms with Gasteiger partial charge in [0.05, 0.1) is 12.8 Å². The second kappa shape index (κ2) is 6.46. The Kier molecular flexibility index (Phi) is 4.39. The normalized spacial score (nSPS) is 13.7. The number of fused-ring (bicyclic) bond motifs is 1. The van der Waals surface area contributed by atoms with Crippen LogP contribution in [-0.2, 0) is 12.1 Å². The molecule has 1 aliphatic rings. The number of benzene rings is 1. The number of nitrogens with zero attached hydrogens (tertiary/aromatic N) is 1. The van der Waals surface area contributed by atoms with Crippen molar-refractivity contribution in [3.05, 3.63) is 47.8 Å². The minimum atomic E-state index is -0.222. The maximum atomic E-state index is 5.67. The summed E-state index contributed by atoms with van der Waals surface area (Å²) in [4.78, 5) is 4.37. The van der Waals surface area contributed by atoms with E-state index in [0.29, 0.717) is 19.8 Å². The van der Waals surface area contributed by atoms with Gasteiger partial charge in [-0.15, -0.1) is 0 Å². The first-order valence-electron chi connectivity index (χ1n) is 7.72. The summed E-state index contributed by atoms with van der Waals surface area (Å²) in [6, 6.07) is 9.86. The summed E-state index contributed by atoms with van der Waals surface area (Å²) in [5.74, 6) is 2.43. The molecule has 2 aromatic rings. The second-order valence-electron chi connectivity index (χ2n) is 6.02. The number of nitrogens with one attached hydrogen (secondary N) is 1. The van der Waals surface area contributed by atoms with E-state index in [1.54, 1.807) is 13.3 Å². The zero-order valence-electron chi connectivity index (χ0n) is 13.8. The van der Waals surface area contributed by atoms with Crippen molar-refractivity contribution in [1.82, 2.24) is 10.3 Å². The van der Waals surface area contributed by atoms with Crippen LogP contribution in [0.5, 0.6) is 17.2 Å². The largest absolute Gasteiger partial charge is 0.497 e. The molecule has 2 heterocycles. The van der Waals surface area contributed by atoms with Crippen LogP contribution < -0.4 is 19.5 Å². The Labute approximate surface area is 136 Å². The van der Waals surface area contributed by atoms with Crippen LogP contribution in [0.3, 0.4) is 0 Å². The Morgan fingerprint density at radius 2 is 1.91 bits per heavy atom. The van der Waals surface area contributed by atoms with Crippen LogP contribution in [0.15, 0.2) is 36.5 Å². The smallest absolute Gasteiger partial charge is 0.161 e. The molecule has 1 aromatic carbocycles. The van der Waals surface area contributed by atoms with Crippen LogP contribution in [0.2, 0.25) is 0 Å². The van der Waals surface area contributed by atoms with Gasteiger partial charge in [0.15, 0.2) is 11.5 Å². The predicted octanol–water partition coefficient (Wildman–Crippen LogP) is 2.89. The van der Waals surface area contributed by atoms with Crippen molar-refractivity contribution in [3.8, 4) is 17.2 Å². The summed E-state index contributed by atoms with van der Waals surface area (Å²) in [6.07, 6.45) is 1.76. The number of hydrogen-bond acceptors (Lipinski definition) is 5. The van der Waals surface area contributed by atoms with Gasteiger partial charge in [0.25, 0.3) is 0 Å². The van der Waals surface area contributed by atoms with Gasteiger partial charge in [0.1, 0.15) is 19.0 Å². The fraction of sp³-hybridized carbons (Fsp3) is 0.389. The van der Waals surface area contributed by atoms with Gasteiger partial charge >= 0.3 is 0 Å². The summed E-state index contributed by atoms with van der Waals surface area (Å²) in [5, 5.41) is 3.54. The third kappa shape index (κ3) is 3.56. The number of aromatic nitrogens is 1. The molecular weight excluding hydrogens is 292 g/mol. The molecule has 1 aromatic heterocycles. The highest BCUT2D eigenvalue weighted by molar-refractivity contribution is 5.45. The molecule has 0 aliphatic carbocycles. The average Bonchev–Trinajstić information content (AvgIpc) is 2.60. The van der Waals surface area contributed by atoms with Crippen LogP contribution in [0.1, 0.15) is 25.1 Å². The highest BCUT2D eigenvalue weighted by atomic mass is 16.6. The van der Waals surface area contributed by atoms with Crippen molar-refractivity contribution in [1.29, 1.82) is 0 Å². The van der Waals surface area contributed by atoms with Gasteiger partial charge < -0.3 is 19.5 Å². The van der Waals surface area contributed by atoms with Crippen LogP contribution in [-0.4, -0.2) is 25.3 Å². The average molecular weight is 314 g/mol. The number of rotatable bonds is 5. The van der Waals surface area contributed by atoms with Crippen molar-refractivity contribution in [2.24, 2.45) is 0 Å². The molecule has 5 heteroatoms. The molecule has 0 atom stereocenters.